The van der Waals surface area contributed by atoms with Crippen LogP contribution in [0.5, 0.6) is 0 Å². The highest BCUT2D eigenvalue weighted by Gasteiger charge is 2.66. The molecule has 4 atom stereocenters. The second-order valence-corrected chi connectivity index (χ2v) is 5.41. The van der Waals surface area contributed by atoms with Crippen molar-refractivity contribution in [1.29, 1.82) is 0 Å². The van der Waals surface area contributed by atoms with E-state index in [-0.39, 0.29) is 29.5 Å². The van der Waals surface area contributed by atoms with Gasteiger partial charge in [-0.15, -0.1) is 0 Å². The van der Waals surface area contributed by atoms with Crippen LogP contribution in [0.1, 0.15) is 13.3 Å². The van der Waals surface area contributed by atoms with Crippen LogP contribution in [-0.4, -0.2) is 44.3 Å². The highest BCUT2D eigenvalue weighted by atomic mass is 16.7. The van der Waals surface area contributed by atoms with E-state index in [0.717, 1.165) is 6.42 Å². The topological polar surface area (TPSA) is 61.8 Å². The molecule has 0 amide bonds. The lowest BCUT2D eigenvalue weighted by Crippen LogP contribution is -2.65. The Kier molecular flexibility index (Phi) is 2.89. The summed E-state index contributed by atoms with van der Waals surface area (Å²) in [6, 6.07) is 0. The highest BCUT2D eigenvalue weighted by Crippen LogP contribution is 2.54. The summed E-state index contributed by atoms with van der Waals surface area (Å²) >= 11 is 0. The summed E-state index contributed by atoms with van der Waals surface area (Å²) in [6.45, 7) is 2.15. The normalized spacial score (nSPS) is 39.1. The van der Waals surface area contributed by atoms with Crippen LogP contribution in [0.3, 0.4) is 0 Å². The van der Waals surface area contributed by atoms with Crippen LogP contribution in [-0.2, 0) is 23.8 Å². The van der Waals surface area contributed by atoms with E-state index in [2.05, 4.69) is 0 Å². The van der Waals surface area contributed by atoms with Crippen LogP contribution in [0.2, 0.25) is 0 Å². The summed E-state index contributed by atoms with van der Waals surface area (Å²) in [4.78, 5) is 24.5. The third-order valence-corrected chi connectivity index (χ3v) is 4.73. The van der Waals surface area contributed by atoms with Gasteiger partial charge in [-0.25, -0.2) is 0 Å². The summed E-state index contributed by atoms with van der Waals surface area (Å²) in [7, 11) is 2.93. The van der Waals surface area contributed by atoms with Crippen LogP contribution in [0.4, 0.5) is 0 Å². The molecule has 1 heterocycles. The zero-order valence-corrected chi connectivity index (χ0v) is 11.3. The van der Waals surface area contributed by atoms with Crippen LogP contribution in [0.25, 0.3) is 0 Å². The number of carbonyl (C=O) groups is 2. The van der Waals surface area contributed by atoms with Crippen molar-refractivity contribution < 1.29 is 23.8 Å². The lowest BCUT2D eigenvalue weighted by Gasteiger charge is -2.51. The number of methoxy groups -OCH3 is 2. The molecule has 1 saturated heterocycles. The first-order valence-electron chi connectivity index (χ1n) is 6.55. The van der Waals surface area contributed by atoms with Crippen molar-refractivity contribution in [2.75, 3.05) is 20.8 Å². The quantitative estimate of drug-likeness (QED) is 0.705. The molecule has 104 valence electrons. The van der Waals surface area contributed by atoms with Crippen LogP contribution < -0.4 is 0 Å². The molecule has 1 saturated carbocycles. The Labute approximate surface area is 111 Å². The van der Waals surface area contributed by atoms with Gasteiger partial charge in [0, 0.05) is 32.3 Å². The Morgan fingerprint density at radius 1 is 1.42 bits per heavy atom. The summed E-state index contributed by atoms with van der Waals surface area (Å²) in [5, 5.41) is 0. The van der Waals surface area contributed by atoms with Gasteiger partial charge in [-0.3, -0.25) is 9.59 Å². The Morgan fingerprint density at radius 3 is 2.68 bits per heavy atom. The molecular weight excluding hydrogens is 248 g/mol. The first-order valence-corrected chi connectivity index (χ1v) is 6.55. The average molecular weight is 266 g/mol. The van der Waals surface area contributed by atoms with Gasteiger partial charge >= 0.3 is 0 Å². The number of ether oxygens (including phenoxy) is 3. The molecule has 0 unspecified atom stereocenters. The monoisotopic (exact) mass is 266 g/mol. The Hall–Kier alpha value is -1.04. The fourth-order valence-corrected chi connectivity index (χ4v) is 3.95. The van der Waals surface area contributed by atoms with Gasteiger partial charge in [0.25, 0.3) is 0 Å². The third kappa shape index (κ3) is 1.46. The molecule has 0 aromatic carbocycles. The molecule has 0 aromatic heterocycles. The molecule has 2 fully saturated rings. The van der Waals surface area contributed by atoms with E-state index in [1.165, 1.54) is 21.1 Å². The van der Waals surface area contributed by atoms with E-state index in [1.54, 1.807) is 6.08 Å². The van der Waals surface area contributed by atoms with Crippen LogP contribution in [0, 0.1) is 17.8 Å². The SMILES string of the molecule is COC1(OC)C(=O)[C@H]2C=C(C(C)=O)[C@@H]1[C@@H]1CCO[C@@H]12. The number of Topliss-reactive ketones (excluding diaryl/α,β-unsaturated/α-hetero) is 2. The zero-order valence-electron chi connectivity index (χ0n) is 11.3. The van der Waals surface area contributed by atoms with Gasteiger partial charge in [-0.1, -0.05) is 6.08 Å². The van der Waals surface area contributed by atoms with E-state index in [4.69, 9.17) is 14.2 Å². The maximum atomic E-state index is 12.6. The van der Waals surface area contributed by atoms with Crippen molar-refractivity contribution in [2.45, 2.75) is 25.2 Å². The molecule has 4 rings (SSSR count). The Morgan fingerprint density at radius 2 is 2.11 bits per heavy atom. The predicted octanol–water partition coefficient (Wildman–Crippen LogP) is 0.725. The van der Waals surface area contributed by atoms with Gasteiger partial charge in [-0.05, 0) is 13.3 Å². The summed E-state index contributed by atoms with van der Waals surface area (Å²) in [5.74, 6) is -2.15. The summed E-state index contributed by atoms with van der Waals surface area (Å²) in [6.07, 6.45) is 2.47. The minimum Gasteiger partial charge on any atom is -0.377 e. The minimum atomic E-state index is -1.32. The first-order chi connectivity index (χ1) is 9.06. The lowest BCUT2D eigenvalue weighted by molar-refractivity contribution is -0.252. The molecule has 0 N–H and O–H groups in total. The van der Waals surface area contributed by atoms with E-state index in [1.807, 2.05) is 0 Å². The first kappa shape index (κ1) is 13.0. The fourth-order valence-electron chi connectivity index (χ4n) is 3.95. The molecule has 5 heteroatoms. The predicted molar refractivity (Wildman–Crippen MR) is 65.3 cm³/mol. The van der Waals surface area contributed by atoms with Crippen LogP contribution >= 0.6 is 0 Å². The molecule has 2 bridgehead atoms. The fraction of sp³-hybridized carbons (Fsp3) is 0.714. The van der Waals surface area contributed by atoms with Gasteiger partial charge in [0.05, 0.1) is 17.9 Å². The van der Waals surface area contributed by atoms with E-state index in [9.17, 15) is 9.59 Å². The molecule has 1 aliphatic heterocycles. The maximum absolute atomic E-state index is 12.6. The number of hydrogen-bond donors (Lipinski definition) is 0. The van der Waals surface area contributed by atoms with Gasteiger partial charge in [0.2, 0.25) is 11.6 Å². The van der Waals surface area contributed by atoms with Crippen molar-refractivity contribution in [3.8, 4) is 0 Å². The Bertz CT molecular complexity index is 462. The number of hydrogen-bond acceptors (Lipinski definition) is 5. The number of rotatable bonds is 3. The molecule has 0 aromatic rings. The molecular formula is C14H18O5. The van der Waals surface area contributed by atoms with Crippen LogP contribution in [0.15, 0.2) is 11.6 Å². The van der Waals surface area contributed by atoms with Crippen molar-refractivity contribution >= 4 is 11.6 Å². The zero-order chi connectivity index (χ0) is 13.8. The number of carbonyl (C=O) groups excluding carboxylic acids is 2. The lowest BCUT2D eigenvalue weighted by atomic mass is 9.59. The average Bonchev–Trinajstić information content (AvgIpc) is 2.89. The van der Waals surface area contributed by atoms with E-state index >= 15 is 0 Å². The third-order valence-electron chi connectivity index (χ3n) is 4.73. The largest absolute Gasteiger partial charge is 0.377 e. The molecule has 19 heavy (non-hydrogen) atoms. The van der Waals surface area contributed by atoms with Gasteiger partial charge in [0.1, 0.15) is 0 Å². The minimum absolute atomic E-state index is 0.0219. The molecule has 3 aliphatic carbocycles. The molecule has 0 radical (unpaired) electrons. The summed E-state index contributed by atoms with van der Waals surface area (Å²) in [5.41, 5.74) is 0.653. The van der Waals surface area contributed by atoms with Crippen molar-refractivity contribution in [3.63, 3.8) is 0 Å². The molecule has 0 spiro atoms. The summed E-state index contributed by atoms with van der Waals surface area (Å²) < 4.78 is 16.6. The van der Waals surface area contributed by atoms with Crippen molar-refractivity contribution in [3.05, 3.63) is 11.6 Å². The second-order valence-electron chi connectivity index (χ2n) is 5.41. The van der Waals surface area contributed by atoms with E-state index in [0.29, 0.717) is 12.2 Å². The second kappa shape index (κ2) is 4.23. The van der Waals surface area contributed by atoms with Gasteiger partial charge in [-0.2, -0.15) is 0 Å². The van der Waals surface area contributed by atoms with Crippen molar-refractivity contribution in [2.24, 2.45) is 17.8 Å². The standard InChI is InChI=1S/C14H18O5/c1-7(15)9-6-10-12-8(4-5-19-12)11(9)14(17-2,18-3)13(10)16/h6,8,10-12H,4-5H2,1-3H3/t8-,10-,11-,12-/m0/s1. The van der Waals surface area contributed by atoms with Gasteiger partial charge < -0.3 is 14.2 Å². The molecule has 5 nitrogen and oxygen atoms in total. The maximum Gasteiger partial charge on any atom is 0.236 e. The van der Waals surface area contributed by atoms with Gasteiger partial charge in [0.15, 0.2) is 5.78 Å². The van der Waals surface area contributed by atoms with E-state index < -0.39 is 11.7 Å². The highest BCUT2D eigenvalue weighted by molar-refractivity contribution is 6.02. The molecule has 4 aliphatic rings. The van der Waals surface area contributed by atoms with Crippen molar-refractivity contribution in [1.82, 2.24) is 0 Å². The smallest absolute Gasteiger partial charge is 0.236 e. The Balaban J connectivity index is 2.16. The number of fused-ring (bicyclic) bond motifs is 1. The number of ketones is 2.